The van der Waals surface area contributed by atoms with Crippen molar-refractivity contribution in [1.29, 1.82) is 0 Å². The van der Waals surface area contributed by atoms with Crippen LogP contribution in [0.5, 0.6) is 0 Å². The van der Waals surface area contributed by atoms with Gasteiger partial charge in [0.15, 0.2) is 0 Å². The van der Waals surface area contributed by atoms with Crippen molar-refractivity contribution >= 4 is 5.78 Å². The van der Waals surface area contributed by atoms with Gasteiger partial charge in [0, 0.05) is 6.42 Å². The molecule has 1 unspecified atom stereocenters. The van der Waals surface area contributed by atoms with E-state index in [2.05, 4.69) is 0 Å². The summed E-state index contributed by atoms with van der Waals surface area (Å²) < 4.78 is 11.6. The van der Waals surface area contributed by atoms with E-state index in [-0.39, 0.29) is 18.4 Å². The minimum atomic E-state index is -0.389. The van der Waals surface area contributed by atoms with Crippen LogP contribution in [0.4, 0.5) is 4.39 Å². The molecule has 0 aliphatic carbocycles. The number of rotatable bonds is 3. The van der Waals surface area contributed by atoms with Crippen LogP contribution in [0.3, 0.4) is 0 Å². The number of carbonyl (C=O) groups is 1. The highest BCUT2D eigenvalue weighted by Crippen LogP contribution is 2.01. The van der Waals surface area contributed by atoms with Crippen LogP contribution in [0.15, 0.2) is 0 Å². The smallest absolute Gasteiger partial charge is 0.130 e. The Morgan fingerprint density at radius 3 is 2.38 bits per heavy atom. The Morgan fingerprint density at radius 2 is 2.25 bits per heavy atom. The van der Waals surface area contributed by atoms with E-state index in [0.717, 1.165) is 0 Å². The van der Waals surface area contributed by atoms with Gasteiger partial charge in [0.25, 0.3) is 0 Å². The molecule has 0 aromatic rings. The van der Waals surface area contributed by atoms with Gasteiger partial charge in [0.05, 0.1) is 6.67 Å². The largest absolute Gasteiger partial charge is 0.300 e. The summed E-state index contributed by atoms with van der Waals surface area (Å²) in [7, 11) is 0. The Labute approximate surface area is 48.9 Å². The molecule has 0 aliphatic rings. The van der Waals surface area contributed by atoms with Crippen LogP contribution < -0.4 is 0 Å². The van der Waals surface area contributed by atoms with Crippen molar-refractivity contribution in [2.75, 3.05) is 6.67 Å². The van der Waals surface area contributed by atoms with E-state index in [1.807, 2.05) is 0 Å². The van der Waals surface area contributed by atoms with Crippen molar-refractivity contribution in [3.63, 3.8) is 0 Å². The zero-order chi connectivity index (χ0) is 6.57. The summed E-state index contributed by atoms with van der Waals surface area (Å²) in [6.45, 7) is 2.81. The average Bonchev–Trinajstić information content (AvgIpc) is 1.65. The Bertz CT molecular complexity index is 80.6. The van der Waals surface area contributed by atoms with Crippen molar-refractivity contribution in [2.45, 2.75) is 20.3 Å². The van der Waals surface area contributed by atoms with Crippen molar-refractivity contribution < 1.29 is 9.18 Å². The van der Waals surface area contributed by atoms with Gasteiger partial charge in [0.1, 0.15) is 5.78 Å². The topological polar surface area (TPSA) is 17.1 Å². The van der Waals surface area contributed by atoms with Crippen molar-refractivity contribution in [1.82, 2.24) is 0 Å². The van der Waals surface area contributed by atoms with Gasteiger partial charge in [0.2, 0.25) is 0 Å². The summed E-state index contributed by atoms with van der Waals surface area (Å²) in [5, 5.41) is 0. The van der Waals surface area contributed by atoms with Crippen LogP contribution in [0.1, 0.15) is 20.3 Å². The van der Waals surface area contributed by atoms with Crippen LogP contribution >= 0.6 is 0 Å². The van der Waals surface area contributed by atoms with E-state index in [1.54, 1.807) is 6.92 Å². The molecule has 0 radical (unpaired) electrons. The minimum Gasteiger partial charge on any atom is -0.300 e. The first-order chi connectivity index (χ1) is 3.66. The summed E-state index contributed by atoms with van der Waals surface area (Å²) in [5.74, 6) is -0.0253. The number of ketones is 1. The van der Waals surface area contributed by atoms with Crippen LogP contribution in [0.2, 0.25) is 0 Å². The maximum Gasteiger partial charge on any atom is 0.130 e. The molecule has 1 nitrogen and oxygen atoms in total. The first kappa shape index (κ1) is 7.60. The number of hydrogen-bond donors (Lipinski definition) is 0. The molecule has 0 fully saturated rings. The van der Waals surface area contributed by atoms with Gasteiger partial charge in [-0.15, -0.1) is 0 Å². The molecular weight excluding hydrogens is 107 g/mol. The second-order valence-corrected chi connectivity index (χ2v) is 2.17. The first-order valence-electron chi connectivity index (χ1n) is 2.72. The molecule has 8 heavy (non-hydrogen) atoms. The highest BCUT2D eigenvalue weighted by atomic mass is 19.1. The normalized spacial score (nSPS) is 13.4. The van der Waals surface area contributed by atoms with Crippen molar-refractivity contribution in [2.24, 2.45) is 5.92 Å². The van der Waals surface area contributed by atoms with Gasteiger partial charge >= 0.3 is 0 Å². The van der Waals surface area contributed by atoms with Gasteiger partial charge in [-0.25, -0.2) is 0 Å². The second-order valence-electron chi connectivity index (χ2n) is 2.17. The van der Waals surface area contributed by atoms with E-state index in [9.17, 15) is 9.18 Å². The van der Waals surface area contributed by atoms with E-state index in [0.29, 0.717) is 6.42 Å². The van der Waals surface area contributed by atoms with Crippen LogP contribution in [-0.2, 0) is 4.79 Å². The minimum absolute atomic E-state index is 0.0650. The first-order valence-corrected chi connectivity index (χ1v) is 2.72. The van der Waals surface area contributed by atoms with Crippen LogP contribution in [0, 0.1) is 5.92 Å². The van der Waals surface area contributed by atoms with E-state index in [4.69, 9.17) is 0 Å². The lowest BCUT2D eigenvalue weighted by Crippen LogP contribution is -2.02. The Hall–Kier alpha value is -0.400. The highest BCUT2D eigenvalue weighted by molar-refractivity contribution is 5.75. The summed E-state index contributed by atoms with van der Waals surface area (Å²) in [5.41, 5.74) is 0. The van der Waals surface area contributed by atoms with E-state index >= 15 is 0 Å². The fourth-order valence-corrected chi connectivity index (χ4v) is 0.545. The third kappa shape index (κ3) is 3.78. The summed E-state index contributed by atoms with van der Waals surface area (Å²) in [4.78, 5) is 10.2. The third-order valence-electron chi connectivity index (χ3n) is 0.899. The van der Waals surface area contributed by atoms with Gasteiger partial charge in [-0.1, -0.05) is 6.92 Å². The molecule has 0 heterocycles. The summed E-state index contributed by atoms with van der Waals surface area (Å²) >= 11 is 0. The fraction of sp³-hybridized carbons (Fsp3) is 0.833. The molecule has 48 valence electrons. The zero-order valence-corrected chi connectivity index (χ0v) is 5.28. The monoisotopic (exact) mass is 118 g/mol. The molecule has 0 N–H and O–H groups in total. The number of alkyl halides is 1. The SMILES string of the molecule is CC(=O)CC(C)CF. The van der Waals surface area contributed by atoms with E-state index in [1.165, 1.54) is 6.92 Å². The molecule has 0 amide bonds. The third-order valence-corrected chi connectivity index (χ3v) is 0.899. The number of carbonyl (C=O) groups excluding carboxylic acids is 1. The number of Topliss-reactive ketones (excluding diaryl/α,β-unsaturated/α-hetero) is 1. The predicted octanol–water partition coefficient (Wildman–Crippen LogP) is 1.57. The Balaban J connectivity index is 3.24. The summed E-state index contributed by atoms with van der Waals surface area (Å²) in [6.07, 6.45) is 0.372. The second kappa shape index (κ2) is 3.58. The van der Waals surface area contributed by atoms with Gasteiger partial charge < -0.3 is 4.79 Å². The van der Waals surface area contributed by atoms with Gasteiger partial charge in [-0.2, -0.15) is 0 Å². The lowest BCUT2D eigenvalue weighted by Gasteiger charge is -1.99. The maximum absolute atomic E-state index is 11.6. The maximum atomic E-state index is 11.6. The fourth-order valence-electron chi connectivity index (χ4n) is 0.545. The molecule has 0 saturated carbocycles. The molecular formula is C6H11FO. The standard InChI is InChI=1S/C6H11FO/c1-5(4-7)3-6(2)8/h5H,3-4H2,1-2H3. The highest BCUT2D eigenvalue weighted by Gasteiger charge is 2.02. The molecule has 0 rings (SSSR count). The van der Waals surface area contributed by atoms with Gasteiger partial charge in [-0.05, 0) is 12.8 Å². The Kier molecular flexibility index (Phi) is 3.40. The average molecular weight is 118 g/mol. The lowest BCUT2D eigenvalue weighted by atomic mass is 10.1. The van der Waals surface area contributed by atoms with E-state index < -0.39 is 0 Å². The molecule has 2 heteroatoms. The quantitative estimate of drug-likeness (QED) is 0.549. The van der Waals surface area contributed by atoms with Gasteiger partial charge in [-0.3, -0.25) is 4.39 Å². The lowest BCUT2D eigenvalue weighted by molar-refractivity contribution is -0.117. The molecule has 0 aromatic heterocycles. The number of hydrogen-bond acceptors (Lipinski definition) is 1. The van der Waals surface area contributed by atoms with Crippen molar-refractivity contribution in [3.8, 4) is 0 Å². The number of halogens is 1. The zero-order valence-electron chi connectivity index (χ0n) is 5.28. The van der Waals surface area contributed by atoms with Crippen molar-refractivity contribution in [3.05, 3.63) is 0 Å². The molecule has 1 atom stereocenters. The molecule has 0 aliphatic heterocycles. The molecule has 0 bridgehead atoms. The molecule has 0 aromatic carbocycles. The van der Waals surface area contributed by atoms with Crippen LogP contribution in [0.25, 0.3) is 0 Å². The molecule has 0 spiro atoms. The summed E-state index contributed by atoms with van der Waals surface area (Å²) in [6, 6.07) is 0. The van der Waals surface area contributed by atoms with Crippen LogP contribution in [-0.4, -0.2) is 12.5 Å². The predicted molar refractivity (Wildman–Crippen MR) is 30.4 cm³/mol. The molecule has 0 saturated heterocycles. The Morgan fingerprint density at radius 1 is 1.75 bits per heavy atom.